The highest BCUT2D eigenvalue weighted by atomic mass is 19.1. The van der Waals surface area contributed by atoms with Gasteiger partial charge < -0.3 is 9.72 Å². The average molecular weight is 378 g/mol. The lowest BCUT2D eigenvalue weighted by atomic mass is 9.84. The number of ketones is 1. The van der Waals surface area contributed by atoms with Crippen molar-refractivity contribution in [3.63, 3.8) is 0 Å². The highest BCUT2D eigenvalue weighted by molar-refractivity contribution is 6.03. The lowest BCUT2D eigenvalue weighted by Crippen LogP contribution is -2.27. The number of carbonyl (C=O) groups is 2. The third-order valence-electron chi connectivity index (χ3n) is 5.14. The molecule has 5 nitrogen and oxygen atoms in total. The Morgan fingerprint density at radius 3 is 2.75 bits per heavy atom. The van der Waals surface area contributed by atoms with E-state index in [0.29, 0.717) is 35.4 Å². The maximum Gasteiger partial charge on any atom is 0.309 e. The number of hydrogen-bond acceptors (Lipinski definition) is 4. The molecule has 1 N–H and O–H groups in total. The predicted molar refractivity (Wildman–Crippen MR) is 101 cm³/mol. The van der Waals surface area contributed by atoms with Gasteiger partial charge >= 0.3 is 5.97 Å². The van der Waals surface area contributed by atoms with Crippen molar-refractivity contribution in [2.45, 2.75) is 19.3 Å². The van der Waals surface area contributed by atoms with Crippen molar-refractivity contribution in [1.82, 2.24) is 9.97 Å². The molecule has 0 radical (unpaired) electrons. The molecule has 2 heterocycles. The van der Waals surface area contributed by atoms with E-state index in [2.05, 4.69) is 9.97 Å². The predicted octanol–water partition coefficient (Wildman–Crippen LogP) is 3.72. The summed E-state index contributed by atoms with van der Waals surface area (Å²) in [5.41, 5.74) is 3.91. The summed E-state index contributed by atoms with van der Waals surface area (Å²) in [5.74, 6) is -1.52. The number of aromatic nitrogens is 2. The molecule has 0 saturated carbocycles. The Hall–Kier alpha value is -3.28. The zero-order valence-electron chi connectivity index (χ0n) is 15.4. The van der Waals surface area contributed by atoms with Crippen LogP contribution in [0.3, 0.4) is 0 Å². The monoisotopic (exact) mass is 378 g/mol. The van der Waals surface area contributed by atoms with Gasteiger partial charge in [-0.3, -0.25) is 14.6 Å². The molecule has 1 aliphatic rings. The zero-order chi connectivity index (χ0) is 19.7. The number of Topliss-reactive ketones (excluding diaryl/α,β-unsaturated/α-hetero) is 1. The number of hydrogen-bond donors (Lipinski definition) is 1. The third-order valence-corrected chi connectivity index (χ3v) is 5.14. The fourth-order valence-corrected chi connectivity index (χ4v) is 3.85. The summed E-state index contributed by atoms with van der Waals surface area (Å²) >= 11 is 0. The quantitative estimate of drug-likeness (QED) is 0.703. The van der Waals surface area contributed by atoms with Crippen LogP contribution in [0, 0.1) is 11.7 Å². The van der Waals surface area contributed by atoms with E-state index in [0.717, 1.165) is 17.3 Å². The van der Waals surface area contributed by atoms with Crippen LogP contribution in [0.5, 0.6) is 0 Å². The van der Waals surface area contributed by atoms with Gasteiger partial charge in [-0.1, -0.05) is 30.3 Å². The van der Waals surface area contributed by atoms with Crippen molar-refractivity contribution in [2.24, 2.45) is 5.92 Å². The van der Waals surface area contributed by atoms with Crippen molar-refractivity contribution < 1.29 is 18.7 Å². The Morgan fingerprint density at radius 2 is 2.04 bits per heavy atom. The highest BCUT2D eigenvalue weighted by Crippen LogP contribution is 2.37. The maximum absolute atomic E-state index is 14.5. The van der Waals surface area contributed by atoms with Gasteiger partial charge in [0, 0.05) is 42.3 Å². The molecule has 4 rings (SSSR count). The third kappa shape index (κ3) is 3.22. The minimum Gasteiger partial charge on any atom is -0.469 e. The van der Waals surface area contributed by atoms with Crippen molar-refractivity contribution in [3.05, 3.63) is 77.0 Å². The molecule has 1 aromatic carbocycles. The van der Waals surface area contributed by atoms with Gasteiger partial charge in [0.2, 0.25) is 0 Å². The summed E-state index contributed by atoms with van der Waals surface area (Å²) in [6.07, 6.45) is 3.61. The number of H-pyrrole nitrogens is 1. The van der Waals surface area contributed by atoms with Crippen LogP contribution in [0.1, 0.15) is 33.6 Å². The van der Waals surface area contributed by atoms with Gasteiger partial charge in [0.1, 0.15) is 0 Å². The number of nitrogens with one attached hydrogen (secondary N) is 1. The van der Waals surface area contributed by atoms with E-state index in [4.69, 9.17) is 4.74 Å². The summed E-state index contributed by atoms with van der Waals surface area (Å²) in [5, 5.41) is 0. The van der Waals surface area contributed by atoms with Crippen LogP contribution in [0.15, 0.2) is 48.8 Å². The number of rotatable bonds is 4. The van der Waals surface area contributed by atoms with Crippen molar-refractivity contribution in [3.8, 4) is 11.3 Å². The molecule has 0 amide bonds. The van der Waals surface area contributed by atoms with Gasteiger partial charge in [0.15, 0.2) is 11.6 Å². The Bertz CT molecular complexity index is 1040. The van der Waals surface area contributed by atoms with Gasteiger partial charge in [-0.25, -0.2) is 4.39 Å². The first-order valence-electron chi connectivity index (χ1n) is 9.07. The van der Waals surface area contributed by atoms with E-state index < -0.39 is 17.7 Å². The lowest BCUT2D eigenvalue weighted by Gasteiger charge is -2.19. The average Bonchev–Trinajstić information content (AvgIpc) is 3.07. The van der Waals surface area contributed by atoms with Gasteiger partial charge in [-0.05, 0) is 17.2 Å². The van der Waals surface area contributed by atoms with E-state index >= 15 is 0 Å². The normalized spacial score (nSPS) is 15.9. The maximum atomic E-state index is 14.5. The van der Waals surface area contributed by atoms with Crippen molar-refractivity contribution in [1.29, 1.82) is 0 Å². The van der Waals surface area contributed by atoms with Gasteiger partial charge in [-0.15, -0.1) is 0 Å². The Morgan fingerprint density at radius 1 is 1.25 bits per heavy atom. The molecular formula is C22H19FN2O3. The molecule has 0 unspecified atom stereocenters. The lowest BCUT2D eigenvalue weighted by molar-refractivity contribution is -0.145. The molecule has 3 aromatic rings. The van der Waals surface area contributed by atoms with Crippen LogP contribution >= 0.6 is 0 Å². The number of aromatic amines is 1. The summed E-state index contributed by atoms with van der Waals surface area (Å²) < 4.78 is 19.3. The molecule has 142 valence electrons. The molecule has 6 heteroatoms. The van der Waals surface area contributed by atoms with Gasteiger partial charge in [0.25, 0.3) is 0 Å². The van der Waals surface area contributed by atoms with E-state index in [1.807, 2.05) is 30.3 Å². The molecule has 0 aliphatic heterocycles. The molecule has 0 spiro atoms. The number of pyridine rings is 1. The number of benzene rings is 1. The number of ether oxygens (including phenoxy) is 1. The first kappa shape index (κ1) is 18.1. The molecule has 1 atom stereocenters. The highest BCUT2D eigenvalue weighted by Gasteiger charge is 2.35. The van der Waals surface area contributed by atoms with Crippen LogP contribution in [0.4, 0.5) is 4.39 Å². The number of esters is 1. The smallest absolute Gasteiger partial charge is 0.309 e. The van der Waals surface area contributed by atoms with Crippen LogP contribution in [0.25, 0.3) is 11.3 Å². The fraction of sp³-hybridized carbons (Fsp3) is 0.227. The second-order valence-corrected chi connectivity index (χ2v) is 6.90. The molecule has 2 aromatic heterocycles. The van der Waals surface area contributed by atoms with Crippen molar-refractivity contribution >= 4 is 11.8 Å². The van der Waals surface area contributed by atoms with Gasteiger partial charge in [0.05, 0.1) is 24.9 Å². The molecule has 0 saturated heterocycles. The minimum absolute atomic E-state index is 0.0948. The first-order valence-corrected chi connectivity index (χ1v) is 9.07. The van der Waals surface area contributed by atoms with Crippen LogP contribution in [-0.2, 0) is 22.4 Å². The number of fused-ring (bicyclic) bond motifs is 1. The van der Waals surface area contributed by atoms with Crippen LogP contribution < -0.4 is 0 Å². The molecular weight excluding hydrogens is 359 g/mol. The zero-order valence-corrected chi connectivity index (χ0v) is 15.4. The Balaban J connectivity index is 1.86. The number of halogens is 1. The molecule has 28 heavy (non-hydrogen) atoms. The Labute approximate surface area is 161 Å². The standard InChI is InChI=1S/C22H19FN2O3/c1-28-22(27)14-10-18-20(19(26)11-14)16(9-13-5-3-2-4-6-13)21(25-18)15-7-8-24-12-17(15)23/h2-8,12,14,25H,9-11H2,1H3/t14-/m0/s1. The largest absolute Gasteiger partial charge is 0.469 e. The SMILES string of the molecule is COC(=O)[C@@H]1CC(=O)c2c([nH]c(-c3ccncc3F)c2Cc2ccccc2)C1. The topological polar surface area (TPSA) is 72.1 Å². The molecule has 1 aliphatic carbocycles. The number of carbonyl (C=O) groups excluding carboxylic acids is 2. The fourth-order valence-electron chi connectivity index (χ4n) is 3.85. The number of nitrogens with zero attached hydrogens (tertiary/aromatic N) is 1. The van der Waals surface area contributed by atoms with Gasteiger partial charge in [-0.2, -0.15) is 0 Å². The second kappa shape index (κ2) is 7.38. The summed E-state index contributed by atoms with van der Waals surface area (Å²) in [4.78, 5) is 31.9. The van der Waals surface area contributed by atoms with E-state index in [9.17, 15) is 14.0 Å². The van der Waals surface area contributed by atoms with Crippen LogP contribution in [-0.4, -0.2) is 28.8 Å². The molecule has 0 fully saturated rings. The summed E-state index contributed by atoms with van der Waals surface area (Å²) in [6, 6.07) is 11.3. The van der Waals surface area contributed by atoms with E-state index in [1.54, 1.807) is 6.07 Å². The number of methoxy groups -OCH3 is 1. The summed E-state index contributed by atoms with van der Waals surface area (Å²) in [6.45, 7) is 0. The van der Waals surface area contributed by atoms with E-state index in [-0.39, 0.29) is 12.2 Å². The minimum atomic E-state index is -0.525. The van der Waals surface area contributed by atoms with Crippen molar-refractivity contribution in [2.75, 3.05) is 7.11 Å². The van der Waals surface area contributed by atoms with E-state index in [1.165, 1.54) is 13.3 Å². The first-order chi connectivity index (χ1) is 13.6. The van der Waals surface area contributed by atoms with Crippen LogP contribution in [0.2, 0.25) is 0 Å². The second-order valence-electron chi connectivity index (χ2n) is 6.90. The molecule has 0 bridgehead atoms. The Kier molecular flexibility index (Phi) is 4.77. The summed E-state index contributed by atoms with van der Waals surface area (Å²) in [7, 11) is 1.32.